The molecule has 0 saturated carbocycles. The van der Waals surface area contributed by atoms with E-state index in [2.05, 4.69) is 21.0 Å². The number of H-pyrrole nitrogens is 1. The number of aromatic amines is 1. The van der Waals surface area contributed by atoms with E-state index in [0.717, 1.165) is 22.4 Å². The summed E-state index contributed by atoms with van der Waals surface area (Å²) in [6, 6.07) is 13.1. The molecule has 0 aliphatic carbocycles. The summed E-state index contributed by atoms with van der Waals surface area (Å²) in [7, 11) is 0. The monoisotopic (exact) mass is 473 g/mol. The summed E-state index contributed by atoms with van der Waals surface area (Å²) >= 11 is 11.2. The van der Waals surface area contributed by atoms with Gasteiger partial charge < -0.3 is 4.74 Å². The lowest BCUT2D eigenvalue weighted by molar-refractivity contribution is -0.129. The molecule has 0 spiro atoms. The average molecular weight is 474 g/mol. The summed E-state index contributed by atoms with van der Waals surface area (Å²) in [6.07, 6.45) is 0.695. The van der Waals surface area contributed by atoms with Crippen LogP contribution in [0.1, 0.15) is 24.0 Å². The predicted molar refractivity (Wildman–Crippen MR) is 125 cm³/mol. The van der Waals surface area contributed by atoms with Gasteiger partial charge in [0.2, 0.25) is 5.91 Å². The molecule has 3 N–H and O–H groups in total. The van der Waals surface area contributed by atoms with E-state index >= 15 is 0 Å². The minimum absolute atomic E-state index is 0.0855. The highest BCUT2D eigenvalue weighted by molar-refractivity contribution is 7.71. The van der Waals surface area contributed by atoms with Crippen LogP contribution in [0.5, 0.6) is 5.75 Å². The van der Waals surface area contributed by atoms with E-state index in [4.69, 9.17) is 28.6 Å². The Kier molecular flexibility index (Phi) is 8.02. The van der Waals surface area contributed by atoms with Crippen LogP contribution >= 0.6 is 23.8 Å². The Bertz CT molecular complexity index is 1160. The van der Waals surface area contributed by atoms with Crippen molar-refractivity contribution in [1.82, 2.24) is 25.6 Å². The van der Waals surface area contributed by atoms with Gasteiger partial charge in [-0.2, -0.15) is 5.10 Å². The molecule has 1 aromatic heterocycles. The quantitative estimate of drug-likeness (QED) is 0.262. The van der Waals surface area contributed by atoms with Gasteiger partial charge in [0.1, 0.15) is 12.3 Å². The Hall–Kier alpha value is -3.17. The number of rotatable bonds is 8. The standard InChI is InChI=1S/C22H24ClN5O3S/c1-14-5-7-16(8-6-14)21-26-27-22(32)28(21)13-20(30)25-24-19(29)4-3-11-31-18-10-9-17(23)12-15(18)2/h5-10,12H,3-4,11,13H2,1-2H3,(H,24,29)(H,25,30)(H,27,32). The molecule has 0 unspecified atom stereocenters. The molecular weight excluding hydrogens is 450 g/mol. The number of aromatic nitrogens is 3. The highest BCUT2D eigenvalue weighted by Crippen LogP contribution is 2.22. The minimum atomic E-state index is -0.419. The molecule has 2 amide bonds. The number of carbonyl (C=O) groups is 2. The van der Waals surface area contributed by atoms with Crippen molar-refractivity contribution in [2.24, 2.45) is 0 Å². The predicted octanol–water partition coefficient (Wildman–Crippen LogP) is 3.88. The number of benzene rings is 2. The minimum Gasteiger partial charge on any atom is -0.493 e. The molecule has 0 fully saturated rings. The van der Waals surface area contributed by atoms with E-state index < -0.39 is 5.91 Å². The molecule has 168 valence electrons. The summed E-state index contributed by atoms with van der Waals surface area (Å²) in [4.78, 5) is 24.3. The Labute approximate surface area is 195 Å². The van der Waals surface area contributed by atoms with Gasteiger partial charge in [-0.05, 0) is 56.2 Å². The van der Waals surface area contributed by atoms with E-state index in [1.165, 1.54) is 0 Å². The number of aryl methyl sites for hydroxylation is 2. The third-order valence-corrected chi connectivity index (χ3v) is 5.20. The molecule has 0 atom stereocenters. The molecule has 32 heavy (non-hydrogen) atoms. The molecule has 0 bridgehead atoms. The third-order valence-electron chi connectivity index (χ3n) is 4.65. The van der Waals surface area contributed by atoms with Crippen LogP contribution in [0.3, 0.4) is 0 Å². The van der Waals surface area contributed by atoms with Gasteiger partial charge in [0.05, 0.1) is 6.61 Å². The lowest BCUT2D eigenvalue weighted by atomic mass is 10.1. The number of ether oxygens (including phenoxy) is 1. The molecular formula is C22H24ClN5O3S. The van der Waals surface area contributed by atoms with Gasteiger partial charge in [0, 0.05) is 17.0 Å². The van der Waals surface area contributed by atoms with Crippen LogP contribution < -0.4 is 15.6 Å². The maximum Gasteiger partial charge on any atom is 0.258 e. The summed E-state index contributed by atoms with van der Waals surface area (Å²) < 4.78 is 7.55. The first kappa shape index (κ1) is 23.5. The third kappa shape index (κ3) is 6.41. The van der Waals surface area contributed by atoms with Gasteiger partial charge >= 0.3 is 0 Å². The lowest BCUT2D eigenvalue weighted by Gasteiger charge is -2.11. The SMILES string of the molecule is Cc1ccc(-c2n[nH]c(=S)n2CC(=O)NNC(=O)CCCOc2ccc(Cl)cc2C)cc1. The summed E-state index contributed by atoms with van der Waals surface area (Å²) in [5.74, 6) is 0.539. The largest absolute Gasteiger partial charge is 0.493 e. The van der Waals surface area contributed by atoms with Crippen molar-refractivity contribution < 1.29 is 14.3 Å². The molecule has 2 aromatic carbocycles. The summed E-state index contributed by atoms with van der Waals surface area (Å²) in [5, 5.41) is 7.56. The number of hydrazine groups is 1. The second kappa shape index (κ2) is 10.9. The summed E-state index contributed by atoms with van der Waals surface area (Å²) in [6.45, 7) is 4.17. The second-order valence-electron chi connectivity index (χ2n) is 7.26. The van der Waals surface area contributed by atoms with Crippen molar-refractivity contribution in [3.05, 3.63) is 63.4 Å². The lowest BCUT2D eigenvalue weighted by Crippen LogP contribution is -2.43. The average Bonchev–Trinajstić information content (AvgIpc) is 3.11. The number of hydrogen-bond donors (Lipinski definition) is 3. The van der Waals surface area contributed by atoms with Crippen LogP contribution in [0, 0.1) is 18.6 Å². The van der Waals surface area contributed by atoms with E-state index in [1.54, 1.807) is 16.7 Å². The van der Waals surface area contributed by atoms with Crippen LogP contribution in [0.15, 0.2) is 42.5 Å². The van der Waals surface area contributed by atoms with Crippen molar-refractivity contribution in [3.8, 4) is 17.1 Å². The van der Waals surface area contributed by atoms with E-state index in [-0.39, 0.29) is 18.9 Å². The Morgan fingerprint density at radius 1 is 1.12 bits per heavy atom. The van der Waals surface area contributed by atoms with Crippen molar-refractivity contribution in [3.63, 3.8) is 0 Å². The van der Waals surface area contributed by atoms with Crippen LogP contribution in [0.4, 0.5) is 0 Å². The van der Waals surface area contributed by atoms with Crippen molar-refractivity contribution in [1.29, 1.82) is 0 Å². The van der Waals surface area contributed by atoms with Crippen molar-refractivity contribution in [2.75, 3.05) is 6.61 Å². The number of hydrogen-bond acceptors (Lipinski definition) is 5. The van der Waals surface area contributed by atoms with Crippen LogP contribution in [-0.2, 0) is 16.1 Å². The molecule has 0 saturated heterocycles. The van der Waals surface area contributed by atoms with Gasteiger partial charge in [-0.1, -0.05) is 41.4 Å². The Balaban J connectivity index is 1.44. The molecule has 0 aliphatic rings. The van der Waals surface area contributed by atoms with Gasteiger partial charge in [0.25, 0.3) is 5.91 Å². The fourth-order valence-corrected chi connectivity index (χ4v) is 3.39. The maximum absolute atomic E-state index is 12.3. The highest BCUT2D eigenvalue weighted by Gasteiger charge is 2.13. The van der Waals surface area contributed by atoms with Gasteiger partial charge in [-0.15, -0.1) is 0 Å². The number of halogens is 1. The first-order chi connectivity index (χ1) is 15.3. The molecule has 1 heterocycles. The number of carbonyl (C=O) groups excluding carboxylic acids is 2. The van der Waals surface area contributed by atoms with Crippen LogP contribution in [0.25, 0.3) is 11.4 Å². The van der Waals surface area contributed by atoms with E-state index in [9.17, 15) is 9.59 Å². The van der Waals surface area contributed by atoms with Crippen LogP contribution in [-0.4, -0.2) is 33.2 Å². The second-order valence-corrected chi connectivity index (χ2v) is 8.09. The zero-order chi connectivity index (χ0) is 23.1. The topological polar surface area (TPSA) is 101 Å². The Morgan fingerprint density at radius 3 is 2.56 bits per heavy atom. The number of nitrogens with one attached hydrogen (secondary N) is 3. The number of amides is 2. The first-order valence-corrected chi connectivity index (χ1v) is 10.8. The van der Waals surface area contributed by atoms with Crippen molar-refractivity contribution >= 4 is 35.6 Å². The normalized spacial score (nSPS) is 10.6. The zero-order valence-corrected chi connectivity index (χ0v) is 19.3. The van der Waals surface area contributed by atoms with Gasteiger partial charge in [0.15, 0.2) is 10.6 Å². The zero-order valence-electron chi connectivity index (χ0n) is 17.8. The van der Waals surface area contributed by atoms with E-state index in [0.29, 0.717) is 28.6 Å². The molecule has 0 aliphatic heterocycles. The smallest absolute Gasteiger partial charge is 0.258 e. The number of nitrogens with zero attached hydrogens (tertiary/aromatic N) is 2. The van der Waals surface area contributed by atoms with Crippen molar-refractivity contribution in [2.45, 2.75) is 33.2 Å². The fraction of sp³-hybridized carbons (Fsp3) is 0.273. The molecule has 3 aromatic rings. The maximum atomic E-state index is 12.3. The van der Waals surface area contributed by atoms with E-state index in [1.807, 2.05) is 44.2 Å². The summed E-state index contributed by atoms with van der Waals surface area (Å²) in [5.41, 5.74) is 7.69. The Morgan fingerprint density at radius 2 is 1.84 bits per heavy atom. The fourth-order valence-electron chi connectivity index (χ4n) is 2.96. The molecule has 0 radical (unpaired) electrons. The van der Waals surface area contributed by atoms with Gasteiger partial charge in [-0.25, -0.2) is 0 Å². The van der Waals surface area contributed by atoms with Crippen LogP contribution in [0.2, 0.25) is 5.02 Å². The van der Waals surface area contributed by atoms with Gasteiger partial charge in [-0.3, -0.25) is 30.1 Å². The first-order valence-electron chi connectivity index (χ1n) is 10.0. The molecule has 8 nitrogen and oxygen atoms in total. The molecule has 10 heteroatoms. The highest BCUT2D eigenvalue weighted by atomic mass is 35.5. The molecule has 3 rings (SSSR count).